The monoisotopic (exact) mass is 457 g/mol. The van der Waals surface area contributed by atoms with E-state index >= 15 is 0 Å². The molecule has 176 valence electrons. The molecule has 0 radical (unpaired) electrons. The van der Waals surface area contributed by atoms with Crippen LogP contribution in [-0.2, 0) is 34.8 Å². The summed E-state index contributed by atoms with van der Waals surface area (Å²) in [6, 6.07) is 7.77. The average molecular weight is 458 g/mol. The summed E-state index contributed by atoms with van der Waals surface area (Å²) in [5, 5.41) is 0. The SMILES string of the molecule is C=CC(=O)CC(COc1ccc(CCCCCCCCC)cc1)OCOS(=O)(=O)ON. The van der Waals surface area contributed by atoms with Crippen LogP contribution in [0.3, 0.4) is 0 Å². The highest BCUT2D eigenvalue weighted by molar-refractivity contribution is 7.81. The number of aryl methyl sites for hydroxylation is 1. The molecule has 0 aliphatic rings. The molecule has 8 nitrogen and oxygen atoms in total. The van der Waals surface area contributed by atoms with Gasteiger partial charge in [-0.3, -0.25) is 4.79 Å². The van der Waals surface area contributed by atoms with Gasteiger partial charge in [-0.15, -0.1) is 0 Å². The zero-order chi connectivity index (χ0) is 23.0. The van der Waals surface area contributed by atoms with E-state index in [-0.39, 0.29) is 18.8 Å². The van der Waals surface area contributed by atoms with E-state index in [0.29, 0.717) is 5.75 Å². The number of nitrogens with two attached hydrogens (primary N) is 1. The van der Waals surface area contributed by atoms with Crippen LogP contribution in [0.25, 0.3) is 0 Å². The summed E-state index contributed by atoms with van der Waals surface area (Å²) in [4.78, 5) is 11.6. The van der Waals surface area contributed by atoms with Gasteiger partial charge in [0.05, 0.1) is 0 Å². The van der Waals surface area contributed by atoms with Gasteiger partial charge in [-0.05, 0) is 36.6 Å². The Bertz CT molecular complexity index is 735. The van der Waals surface area contributed by atoms with Gasteiger partial charge < -0.3 is 9.47 Å². The largest absolute Gasteiger partial charge is 0.491 e. The van der Waals surface area contributed by atoms with Gasteiger partial charge in [0.1, 0.15) is 18.5 Å². The Morgan fingerprint density at radius 2 is 1.74 bits per heavy atom. The van der Waals surface area contributed by atoms with E-state index in [1.54, 1.807) is 0 Å². The number of hydrogen-bond donors (Lipinski definition) is 1. The minimum atomic E-state index is -4.33. The maximum absolute atomic E-state index is 11.6. The van der Waals surface area contributed by atoms with Crippen molar-refractivity contribution in [2.75, 3.05) is 13.4 Å². The molecule has 1 unspecified atom stereocenters. The fourth-order valence-corrected chi connectivity index (χ4v) is 3.14. The number of carbonyl (C=O) groups excluding carboxylic acids is 1. The standard InChI is InChI=1S/C22H35NO7S/c1-3-5-6-7-8-9-10-11-19-12-14-21(15-13-19)27-17-22(16-20(24)4-2)28-18-29-31(25,26)30-23/h4,12-15,22H,2-3,5-11,16-18,23H2,1H3. The number of carbonyl (C=O) groups is 1. The lowest BCUT2D eigenvalue weighted by molar-refractivity contribution is -0.120. The van der Waals surface area contributed by atoms with Crippen LogP contribution in [0, 0.1) is 0 Å². The van der Waals surface area contributed by atoms with Crippen LogP contribution in [0.5, 0.6) is 5.75 Å². The molecule has 0 saturated heterocycles. The number of hydrogen-bond acceptors (Lipinski definition) is 8. The number of benzene rings is 1. The van der Waals surface area contributed by atoms with E-state index in [2.05, 4.69) is 27.9 Å². The van der Waals surface area contributed by atoms with Crippen LogP contribution in [0.1, 0.15) is 63.9 Å². The Kier molecular flexibility index (Phi) is 14.0. The molecule has 31 heavy (non-hydrogen) atoms. The molecular formula is C22H35NO7S. The van der Waals surface area contributed by atoms with Gasteiger partial charge in [0, 0.05) is 6.42 Å². The van der Waals surface area contributed by atoms with Crippen molar-refractivity contribution in [3.05, 3.63) is 42.5 Å². The second kappa shape index (κ2) is 15.9. The number of ketones is 1. The molecule has 0 amide bonds. The first kappa shape index (κ1) is 27.3. The van der Waals surface area contributed by atoms with Crippen molar-refractivity contribution < 1.29 is 31.2 Å². The van der Waals surface area contributed by atoms with Crippen LogP contribution in [0.15, 0.2) is 36.9 Å². The molecule has 0 spiro atoms. The first-order chi connectivity index (χ1) is 14.9. The number of rotatable bonds is 19. The van der Waals surface area contributed by atoms with Crippen LogP contribution in [0.4, 0.5) is 0 Å². The summed E-state index contributed by atoms with van der Waals surface area (Å²) in [5.41, 5.74) is 1.25. The molecule has 0 aromatic heterocycles. The first-order valence-electron chi connectivity index (χ1n) is 10.7. The van der Waals surface area contributed by atoms with Crippen molar-refractivity contribution in [1.82, 2.24) is 0 Å². The molecule has 0 fully saturated rings. The summed E-state index contributed by atoms with van der Waals surface area (Å²) in [6.07, 6.45) is 10.4. The van der Waals surface area contributed by atoms with E-state index in [9.17, 15) is 13.2 Å². The Labute approximate surface area is 186 Å². The van der Waals surface area contributed by atoms with Gasteiger partial charge >= 0.3 is 10.4 Å². The predicted octanol–water partition coefficient (Wildman–Crippen LogP) is 4.00. The predicted molar refractivity (Wildman–Crippen MR) is 118 cm³/mol. The van der Waals surface area contributed by atoms with Crippen molar-refractivity contribution in [3.8, 4) is 5.75 Å². The maximum atomic E-state index is 11.6. The van der Waals surface area contributed by atoms with Gasteiger partial charge in [0.2, 0.25) is 0 Å². The Balaban J connectivity index is 2.41. The fraction of sp³-hybridized carbons (Fsp3) is 0.591. The van der Waals surface area contributed by atoms with E-state index in [0.717, 1.165) is 12.5 Å². The topological polar surface area (TPSA) is 114 Å². The van der Waals surface area contributed by atoms with Gasteiger partial charge in [-0.2, -0.15) is 18.6 Å². The third-order valence-electron chi connectivity index (χ3n) is 4.70. The molecule has 0 bridgehead atoms. The first-order valence-corrected chi connectivity index (χ1v) is 12.0. The lowest BCUT2D eigenvalue weighted by Gasteiger charge is -2.17. The van der Waals surface area contributed by atoms with Gasteiger partial charge in [-0.1, -0.05) is 64.2 Å². The number of ether oxygens (including phenoxy) is 2. The molecular weight excluding hydrogens is 422 g/mol. The second-order valence-electron chi connectivity index (χ2n) is 7.23. The van der Waals surface area contributed by atoms with Crippen molar-refractivity contribution in [3.63, 3.8) is 0 Å². The fourth-order valence-electron chi connectivity index (χ4n) is 2.91. The van der Waals surface area contributed by atoms with Crippen LogP contribution in [0.2, 0.25) is 0 Å². The third kappa shape index (κ3) is 13.3. The van der Waals surface area contributed by atoms with Crippen molar-refractivity contribution in [2.45, 2.75) is 70.8 Å². The van der Waals surface area contributed by atoms with Crippen molar-refractivity contribution in [2.24, 2.45) is 5.90 Å². The number of unbranched alkanes of at least 4 members (excludes halogenated alkanes) is 6. The van der Waals surface area contributed by atoms with Crippen LogP contribution >= 0.6 is 0 Å². The van der Waals surface area contributed by atoms with Gasteiger partial charge in [0.25, 0.3) is 0 Å². The summed E-state index contributed by atoms with van der Waals surface area (Å²) in [7, 11) is -4.33. The molecule has 0 heterocycles. The lowest BCUT2D eigenvalue weighted by atomic mass is 10.0. The molecule has 0 aliphatic carbocycles. The molecule has 0 saturated carbocycles. The minimum absolute atomic E-state index is 0.0313. The third-order valence-corrected chi connectivity index (χ3v) is 5.32. The zero-order valence-electron chi connectivity index (χ0n) is 18.3. The smallest absolute Gasteiger partial charge is 0.418 e. The lowest BCUT2D eigenvalue weighted by Crippen LogP contribution is -2.27. The molecule has 1 aromatic carbocycles. The van der Waals surface area contributed by atoms with E-state index < -0.39 is 23.3 Å². The molecule has 1 atom stereocenters. The summed E-state index contributed by atoms with van der Waals surface area (Å²) in [5.74, 6) is 4.93. The highest BCUT2D eigenvalue weighted by atomic mass is 32.3. The highest BCUT2D eigenvalue weighted by Crippen LogP contribution is 2.16. The molecule has 1 aromatic rings. The minimum Gasteiger partial charge on any atom is -0.491 e. The molecule has 0 aliphatic heterocycles. The van der Waals surface area contributed by atoms with Gasteiger partial charge in [0.15, 0.2) is 12.6 Å². The Morgan fingerprint density at radius 3 is 2.35 bits per heavy atom. The molecule has 1 rings (SSSR count). The summed E-state index contributed by atoms with van der Waals surface area (Å²) in [6.45, 7) is 5.01. The van der Waals surface area contributed by atoms with Gasteiger partial charge in [-0.25, -0.2) is 4.18 Å². The van der Waals surface area contributed by atoms with E-state index in [1.165, 1.54) is 50.5 Å². The van der Waals surface area contributed by atoms with Crippen LogP contribution in [-0.4, -0.2) is 33.7 Å². The molecule has 2 N–H and O–H groups in total. The second-order valence-corrected chi connectivity index (χ2v) is 8.47. The van der Waals surface area contributed by atoms with Crippen molar-refractivity contribution >= 4 is 16.2 Å². The summed E-state index contributed by atoms with van der Waals surface area (Å²) >= 11 is 0. The maximum Gasteiger partial charge on any atom is 0.418 e. The normalized spacial score (nSPS) is 12.5. The summed E-state index contributed by atoms with van der Waals surface area (Å²) < 4.78 is 41.1. The Hall–Kier alpha value is -1.78. The van der Waals surface area contributed by atoms with Crippen molar-refractivity contribution in [1.29, 1.82) is 0 Å². The Morgan fingerprint density at radius 1 is 1.10 bits per heavy atom. The average Bonchev–Trinajstić information content (AvgIpc) is 2.77. The van der Waals surface area contributed by atoms with E-state index in [4.69, 9.17) is 9.47 Å². The quantitative estimate of drug-likeness (QED) is 0.143. The highest BCUT2D eigenvalue weighted by Gasteiger charge is 2.17. The zero-order valence-corrected chi connectivity index (χ0v) is 19.1. The number of allylic oxidation sites excluding steroid dienone is 1. The van der Waals surface area contributed by atoms with E-state index in [1.807, 2.05) is 24.3 Å². The van der Waals surface area contributed by atoms with Crippen LogP contribution < -0.4 is 10.6 Å². The molecule has 9 heteroatoms.